The lowest BCUT2D eigenvalue weighted by molar-refractivity contribution is -0.121. The molecule has 0 bridgehead atoms. The van der Waals surface area contributed by atoms with E-state index in [0.29, 0.717) is 28.6 Å². The van der Waals surface area contributed by atoms with Crippen LogP contribution in [-0.2, 0) is 22.4 Å². The average molecular weight is 569 g/mol. The third-order valence-corrected chi connectivity index (χ3v) is 7.67. The third kappa shape index (κ3) is 7.79. The van der Waals surface area contributed by atoms with E-state index in [0.717, 1.165) is 24.0 Å². The van der Waals surface area contributed by atoms with E-state index < -0.39 is 0 Å². The Morgan fingerprint density at radius 3 is 2.29 bits per heavy atom. The molecule has 1 saturated carbocycles. The maximum absolute atomic E-state index is 13.1. The van der Waals surface area contributed by atoms with Crippen LogP contribution in [0.1, 0.15) is 46.1 Å². The fraction of sp³-hybridized carbons (Fsp3) is 0.250. The van der Waals surface area contributed by atoms with E-state index in [1.54, 1.807) is 41.7 Å². The Morgan fingerprint density at radius 2 is 1.63 bits per heavy atom. The Morgan fingerprint density at radius 1 is 0.951 bits per heavy atom. The molecule has 0 saturated heterocycles. The first-order valence-corrected chi connectivity index (χ1v) is 14.4. The van der Waals surface area contributed by atoms with Gasteiger partial charge < -0.3 is 20.3 Å². The molecule has 0 unspecified atom stereocenters. The van der Waals surface area contributed by atoms with Gasteiger partial charge in [-0.3, -0.25) is 14.4 Å². The van der Waals surface area contributed by atoms with Crippen molar-refractivity contribution in [2.45, 2.75) is 37.8 Å². The van der Waals surface area contributed by atoms with Crippen molar-refractivity contribution in [1.29, 1.82) is 0 Å². The molecule has 2 N–H and O–H groups in total. The normalized spacial score (nSPS) is 13.2. The largest absolute Gasteiger partial charge is 0.497 e. The zero-order valence-corrected chi connectivity index (χ0v) is 23.6. The van der Waals surface area contributed by atoms with Crippen LogP contribution >= 0.6 is 11.3 Å². The fourth-order valence-corrected chi connectivity index (χ4v) is 5.34. The molecule has 1 aliphatic rings. The molecule has 3 amide bonds. The summed E-state index contributed by atoms with van der Waals surface area (Å²) in [6, 6.07) is 26.7. The van der Waals surface area contributed by atoms with Crippen LogP contribution in [0.15, 0.2) is 90.3 Å². The summed E-state index contributed by atoms with van der Waals surface area (Å²) in [5.74, 6) is 0.00153. The Hall–Kier alpha value is -4.50. The number of hydrogen-bond acceptors (Lipinski definition) is 6. The number of thiazole rings is 1. The van der Waals surface area contributed by atoms with Crippen LogP contribution in [0.3, 0.4) is 0 Å². The van der Waals surface area contributed by atoms with Crippen molar-refractivity contribution in [3.05, 3.63) is 113 Å². The van der Waals surface area contributed by atoms with Gasteiger partial charge in [-0.05, 0) is 54.7 Å². The van der Waals surface area contributed by atoms with Crippen LogP contribution in [0.2, 0.25) is 0 Å². The lowest BCUT2D eigenvalue weighted by Crippen LogP contribution is -2.39. The molecule has 1 aromatic heterocycles. The third-order valence-electron chi connectivity index (χ3n) is 6.86. The molecule has 1 heterocycles. The van der Waals surface area contributed by atoms with Gasteiger partial charge in [0.15, 0.2) is 5.13 Å². The first-order valence-electron chi connectivity index (χ1n) is 13.6. The van der Waals surface area contributed by atoms with Gasteiger partial charge in [0.2, 0.25) is 11.8 Å². The molecule has 210 valence electrons. The Balaban J connectivity index is 1.17. The molecule has 8 nitrogen and oxygen atoms in total. The van der Waals surface area contributed by atoms with Crippen molar-refractivity contribution in [3.63, 3.8) is 0 Å². The molecular formula is C32H32N4O4S. The maximum Gasteiger partial charge on any atom is 0.254 e. The number of nitrogens with one attached hydrogen (secondary N) is 2. The highest BCUT2D eigenvalue weighted by molar-refractivity contribution is 7.13. The van der Waals surface area contributed by atoms with Crippen molar-refractivity contribution >= 4 is 34.2 Å². The van der Waals surface area contributed by atoms with Crippen molar-refractivity contribution in [2.75, 3.05) is 19.0 Å². The van der Waals surface area contributed by atoms with Crippen molar-refractivity contribution < 1.29 is 19.1 Å². The van der Waals surface area contributed by atoms with Gasteiger partial charge in [0, 0.05) is 17.0 Å². The molecule has 0 spiro atoms. The molecule has 0 aliphatic heterocycles. The summed E-state index contributed by atoms with van der Waals surface area (Å²) in [7, 11) is 1.57. The first-order chi connectivity index (χ1) is 20.0. The predicted octanol–water partition coefficient (Wildman–Crippen LogP) is 5.04. The number of carbonyl (C=O) groups is 3. The number of rotatable bonds is 12. The molecule has 0 radical (unpaired) electrons. The second-order valence-electron chi connectivity index (χ2n) is 9.98. The Kier molecular flexibility index (Phi) is 9.05. The van der Waals surface area contributed by atoms with Crippen molar-refractivity contribution in [1.82, 2.24) is 15.2 Å². The molecular weight excluding hydrogens is 536 g/mol. The topological polar surface area (TPSA) is 101 Å². The van der Waals surface area contributed by atoms with Crippen molar-refractivity contribution in [2.24, 2.45) is 0 Å². The summed E-state index contributed by atoms with van der Waals surface area (Å²) in [5, 5.41) is 8.11. The second-order valence-corrected chi connectivity index (χ2v) is 10.8. The minimum atomic E-state index is -0.323. The van der Waals surface area contributed by atoms with Crippen LogP contribution in [0, 0.1) is 0 Å². The lowest BCUT2D eigenvalue weighted by atomic mass is 9.98. The number of methoxy groups -OCH3 is 1. The number of benzene rings is 3. The summed E-state index contributed by atoms with van der Waals surface area (Å²) in [5.41, 5.74) is 3.24. The number of aromatic nitrogens is 1. The predicted molar refractivity (Wildman–Crippen MR) is 159 cm³/mol. The molecule has 1 atom stereocenters. The quantitative estimate of drug-likeness (QED) is 0.250. The van der Waals surface area contributed by atoms with Crippen LogP contribution in [0.5, 0.6) is 5.75 Å². The van der Waals surface area contributed by atoms with E-state index in [2.05, 4.69) is 15.6 Å². The zero-order chi connectivity index (χ0) is 28.6. The summed E-state index contributed by atoms with van der Waals surface area (Å²) < 4.78 is 5.17. The van der Waals surface area contributed by atoms with Crippen LogP contribution in [-0.4, -0.2) is 47.3 Å². The Labute approximate surface area is 243 Å². The van der Waals surface area contributed by atoms with E-state index >= 15 is 0 Å². The minimum Gasteiger partial charge on any atom is -0.497 e. The monoisotopic (exact) mass is 568 g/mol. The summed E-state index contributed by atoms with van der Waals surface area (Å²) >= 11 is 1.26. The van der Waals surface area contributed by atoms with Crippen LogP contribution in [0.4, 0.5) is 5.13 Å². The molecule has 41 heavy (non-hydrogen) atoms. The molecule has 9 heteroatoms. The highest BCUT2D eigenvalue weighted by atomic mass is 32.1. The minimum absolute atomic E-state index is 0.0550. The van der Waals surface area contributed by atoms with E-state index in [1.165, 1.54) is 11.3 Å². The Bertz CT molecular complexity index is 1470. The van der Waals surface area contributed by atoms with Gasteiger partial charge in [-0.2, -0.15) is 0 Å². The maximum atomic E-state index is 13.1. The number of anilines is 1. The highest BCUT2D eigenvalue weighted by Crippen LogP contribution is 2.29. The van der Waals surface area contributed by atoms with Crippen molar-refractivity contribution in [3.8, 4) is 5.75 Å². The van der Waals surface area contributed by atoms with E-state index in [9.17, 15) is 14.4 Å². The fourth-order valence-electron chi connectivity index (χ4n) is 4.61. The molecule has 5 rings (SSSR count). The van der Waals surface area contributed by atoms with Gasteiger partial charge in [-0.1, -0.05) is 60.7 Å². The second kappa shape index (κ2) is 13.2. The molecule has 1 fully saturated rings. The number of nitrogens with zero attached hydrogens (tertiary/aromatic N) is 2. The first kappa shape index (κ1) is 28.0. The smallest absolute Gasteiger partial charge is 0.254 e. The standard InChI is InChI=1S/C32H32N4O4S/c1-40-27-16-12-24(13-17-27)31(39)36(26-14-15-26)20-30(38)35-32-33-25(21-41-32)19-29(37)34-28(23-10-6-3-7-11-23)18-22-8-4-2-5-9-22/h2-13,16-17,21,26,28H,14-15,18-20H2,1H3,(H,34,37)(H,33,35,38)/t28-/m0/s1. The van der Waals surface area contributed by atoms with E-state index in [4.69, 9.17) is 4.74 Å². The highest BCUT2D eigenvalue weighted by Gasteiger charge is 2.34. The summed E-state index contributed by atoms with van der Waals surface area (Å²) in [4.78, 5) is 45.0. The van der Waals surface area contributed by atoms with Gasteiger partial charge in [-0.15, -0.1) is 11.3 Å². The van der Waals surface area contributed by atoms with Gasteiger partial charge in [0.1, 0.15) is 12.3 Å². The molecule has 4 aromatic rings. The van der Waals surface area contributed by atoms with Crippen LogP contribution in [0.25, 0.3) is 0 Å². The zero-order valence-electron chi connectivity index (χ0n) is 22.8. The molecule has 3 aromatic carbocycles. The number of ether oxygens (including phenoxy) is 1. The van der Waals surface area contributed by atoms with Gasteiger partial charge in [0.05, 0.1) is 25.3 Å². The van der Waals surface area contributed by atoms with Crippen LogP contribution < -0.4 is 15.4 Å². The summed E-state index contributed by atoms with van der Waals surface area (Å²) in [6.07, 6.45) is 2.51. The van der Waals surface area contributed by atoms with E-state index in [1.807, 2.05) is 60.7 Å². The number of hydrogen-bond donors (Lipinski definition) is 2. The van der Waals surface area contributed by atoms with Gasteiger partial charge in [0.25, 0.3) is 5.91 Å². The summed E-state index contributed by atoms with van der Waals surface area (Å²) in [6.45, 7) is -0.0663. The van der Waals surface area contributed by atoms with Gasteiger partial charge >= 0.3 is 0 Å². The average Bonchev–Trinajstić information content (AvgIpc) is 3.76. The molecule has 1 aliphatic carbocycles. The van der Waals surface area contributed by atoms with E-state index in [-0.39, 0.29) is 42.8 Å². The SMILES string of the molecule is COc1ccc(C(=O)N(CC(=O)Nc2nc(CC(=O)N[C@@H](Cc3ccccc3)c3ccccc3)cs2)C2CC2)cc1. The lowest BCUT2D eigenvalue weighted by Gasteiger charge is -2.21. The number of carbonyl (C=O) groups excluding carboxylic acids is 3. The number of amides is 3. The van der Waals surface area contributed by atoms with Gasteiger partial charge in [-0.25, -0.2) is 4.98 Å².